The Labute approximate surface area is 182 Å². The highest BCUT2D eigenvalue weighted by atomic mass is 16.4. The number of imide groups is 2. The molecule has 0 spiro atoms. The van der Waals surface area contributed by atoms with Crippen molar-refractivity contribution in [3.05, 3.63) is 29.3 Å². The molecule has 3 aliphatic rings. The first-order chi connectivity index (χ1) is 15.3. The highest BCUT2D eigenvalue weighted by Crippen LogP contribution is 2.32. The summed E-state index contributed by atoms with van der Waals surface area (Å²) >= 11 is 0. The van der Waals surface area contributed by atoms with E-state index in [4.69, 9.17) is 0 Å². The zero-order chi connectivity index (χ0) is 23.0. The van der Waals surface area contributed by atoms with Crippen LogP contribution in [0.4, 0.5) is 5.69 Å². The number of anilines is 1. The largest absolute Gasteiger partial charge is 0.481 e. The zero-order valence-corrected chi connectivity index (χ0v) is 17.1. The van der Waals surface area contributed by atoms with Crippen molar-refractivity contribution in [1.82, 2.24) is 15.1 Å². The quantitative estimate of drug-likeness (QED) is 0.531. The highest BCUT2D eigenvalue weighted by molar-refractivity contribution is 6.25. The minimum absolute atomic E-state index is 0.0244. The van der Waals surface area contributed by atoms with Crippen molar-refractivity contribution in [2.24, 2.45) is 5.92 Å². The lowest BCUT2D eigenvalue weighted by Gasteiger charge is -2.31. The van der Waals surface area contributed by atoms with E-state index in [0.29, 0.717) is 19.4 Å². The van der Waals surface area contributed by atoms with Crippen molar-refractivity contribution in [2.75, 3.05) is 25.0 Å². The fourth-order valence-corrected chi connectivity index (χ4v) is 4.35. The fourth-order valence-electron chi connectivity index (χ4n) is 4.35. The molecule has 0 radical (unpaired) electrons. The Kier molecular flexibility index (Phi) is 5.64. The summed E-state index contributed by atoms with van der Waals surface area (Å²) < 4.78 is 0. The van der Waals surface area contributed by atoms with E-state index in [0.717, 1.165) is 4.90 Å². The van der Waals surface area contributed by atoms with Crippen LogP contribution in [0.25, 0.3) is 0 Å². The summed E-state index contributed by atoms with van der Waals surface area (Å²) in [6.45, 7) is 0.407. The molecule has 2 saturated heterocycles. The van der Waals surface area contributed by atoms with Crippen molar-refractivity contribution in [2.45, 2.75) is 31.7 Å². The number of rotatable bonds is 5. The van der Waals surface area contributed by atoms with E-state index < -0.39 is 41.6 Å². The molecule has 3 heterocycles. The Balaban J connectivity index is 1.48. The number of benzene rings is 1. The van der Waals surface area contributed by atoms with Crippen molar-refractivity contribution in [3.8, 4) is 0 Å². The van der Waals surface area contributed by atoms with Gasteiger partial charge in [0, 0.05) is 25.2 Å². The molecular weight excluding hydrogens is 420 g/mol. The highest BCUT2D eigenvalue weighted by Gasteiger charge is 2.45. The summed E-state index contributed by atoms with van der Waals surface area (Å²) in [5.41, 5.74) is 0.453. The molecule has 0 bridgehead atoms. The van der Waals surface area contributed by atoms with Gasteiger partial charge in [-0.2, -0.15) is 0 Å². The van der Waals surface area contributed by atoms with E-state index in [1.807, 2.05) is 0 Å². The minimum Gasteiger partial charge on any atom is -0.481 e. The lowest BCUT2D eigenvalue weighted by Crippen LogP contribution is -2.54. The third kappa shape index (κ3) is 3.81. The first kappa shape index (κ1) is 21.5. The Bertz CT molecular complexity index is 1040. The lowest BCUT2D eigenvalue weighted by atomic mass is 9.98. The summed E-state index contributed by atoms with van der Waals surface area (Å²) in [7, 11) is 0. The van der Waals surface area contributed by atoms with Gasteiger partial charge in [0.1, 0.15) is 6.04 Å². The molecule has 2 fully saturated rings. The van der Waals surface area contributed by atoms with Crippen molar-refractivity contribution in [1.29, 1.82) is 0 Å². The van der Waals surface area contributed by atoms with Gasteiger partial charge in [-0.1, -0.05) is 6.07 Å². The molecule has 32 heavy (non-hydrogen) atoms. The predicted molar refractivity (Wildman–Crippen MR) is 109 cm³/mol. The average Bonchev–Trinajstić information content (AvgIpc) is 3.03. The van der Waals surface area contributed by atoms with E-state index in [9.17, 15) is 33.9 Å². The standard InChI is InChI=1S/C21H22N4O7/c26-15-7-6-14(18(28)23-15)25-19(29)12-4-1-5-13(17(12)20(25)30)22-9-16(27)24-8-2-3-11(10-24)21(31)32/h1,4-5,11,14,22H,2-3,6-10H2,(H,31,32)(H,23,26,28)/t11-,14?/m0/s1. The van der Waals surface area contributed by atoms with Gasteiger partial charge in [-0.05, 0) is 31.4 Å². The molecule has 3 N–H and O–H groups in total. The van der Waals surface area contributed by atoms with Crippen LogP contribution in [-0.4, -0.2) is 76.1 Å². The Morgan fingerprint density at radius 3 is 2.62 bits per heavy atom. The van der Waals surface area contributed by atoms with Gasteiger partial charge in [0.05, 0.1) is 23.6 Å². The van der Waals surface area contributed by atoms with Gasteiger partial charge < -0.3 is 15.3 Å². The predicted octanol–water partition coefficient (Wildman–Crippen LogP) is -0.177. The molecule has 2 atom stereocenters. The van der Waals surface area contributed by atoms with Crippen LogP contribution in [0.2, 0.25) is 0 Å². The van der Waals surface area contributed by atoms with Crippen LogP contribution in [0.1, 0.15) is 46.4 Å². The average molecular weight is 442 g/mol. The van der Waals surface area contributed by atoms with Gasteiger partial charge in [0.25, 0.3) is 11.8 Å². The van der Waals surface area contributed by atoms with E-state index >= 15 is 0 Å². The Morgan fingerprint density at radius 1 is 1.12 bits per heavy atom. The number of amides is 5. The monoisotopic (exact) mass is 442 g/mol. The number of likely N-dealkylation sites (tertiary alicyclic amines) is 1. The maximum atomic E-state index is 13.1. The molecule has 0 aromatic heterocycles. The molecule has 1 aromatic carbocycles. The van der Waals surface area contributed by atoms with Gasteiger partial charge in [-0.25, -0.2) is 0 Å². The number of fused-ring (bicyclic) bond motifs is 1. The van der Waals surface area contributed by atoms with Gasteiger partial charge in [-0.3, -0.25) is 39.0 Å². The Morgan fingerprint density at radius 2 is 1.91 bits per heavy atom. The molecular formula is C21H22N4O7. The summed E-state index contributed by atoms with van der Waals surface area (Å²) in [6, 6.07) is 3.51. The van der Waals surface area contributed by atoms with E-state index in [1.165, 1.54) is 11.0 Å². The molecule has 0 aliphatic carbocycles. The van der Waals surface area contributed by atoms with E-state index in [1.54, 1.807) is 12.1 Å². The summed E-state index contributed by atoms with van der Waals surface area (Å²) in [5.74, 6) is -4.30. The third-order valence-corrected chi connectivity index (χ3v) is 6.02. The number of carbonyl (C=O) groups excluding carboxylic acids is 5. The molecule has 5 amide bonds. The van der Waals surface area contributed by atoms with Crippen LogP contribution in [0.3, 0.4) is 0 Å². The SMILES string of the molecule is O=C1CCC(N2C(=O)c3cccc(NCC(=O)N4CCC[C@H](C(=O)O)C4)c3C2=O)C(=O)N1. The number of nitrogens with one attached hydrogen (secondary N) is 2. The molecule has 11 heteroatoms. The number of carboxylic acids is 1. The van der Waals surface area contributed by atoms with Gasteiger partial charge in [0.15, 0.2) is 0 Å². The third-order valence-electron chi connectivity index (χ3n) is 6.02. The summed E-state index contributed by atoms with van der Waals surface area (Å²) in [5, 5.41) is 14.2. The zero-order valence-electron chi connectivity index (χ0n) is 17.1. The van der Waals surface area contributed by atoms with Crippen LogP contribution in [0, 0.1) is 5.92 Å². The van der Waals surface area contributed by atoms with Crippen molar-refractivity contribution >= 4 is 41.2 Å². The molecule has 3 aliphatic heterocycles. The first-order valence-electron chi connectivity index (χ1n) is 10.4. The second kappa shape index (κ2) is 8.40. The lowest BCUT2D eigenvalue weighted by molar-refractivity contribution is -0.145. The second-order valence-electron chi connectivity index (χ2n) is 8.05. The van der Waals surface area contributed by atoms with Gasteiger partial charge in [-0.15, -0.1) is 0 Å². The van der Waals surface area contributed by atoms with Crippen molar-refractivity contribution < 1.29 is 33.9 Å². The maximum absolute atomic E-state index is 13.1. The van der Waals surface area contributed by atoms with Crippen LogP contribution in [0.15, 0.2) is 18.2 Å². The molecule has 1 aromatic rings. The number of hydrogen-bond donors (Lipinski definition) is 3. The Hall–Kier alpha value is -3.76. The van der Waals surface area contributed by atoms with Crippen LogP contribution < -0.4 is 10.6 Å². The number of nitrogens with zero attached hydrogens (tertiary/aromatic N) is 2. The van der Waals surface area contributed by atoms with Gasteiger partial charge in [0.2, 0.25) is 17.7 Å². The number of aliphatic carboxylic acids is 1. The molecule has 168 valence electrons. The molecule has 11 nitrogen and oxygen atoms in total. The molecule has 1 unspecified atom stereocenters. The minimum atomic E-state index is -1.07. The number of hydrogen-bond acceptors (Lipinski definition) is 7. The summed E-state index contributed by atoms with van der Waals surface area (Å²) in [4.78, 5) is 75.7. The first-order valence-corrected chi connectivity index (χ1v) is 10.4. The summed E-state index contributed by atoms with van der Waals surface area (Å²) in [6.07, 6.45) is 1.19. The van der Waals surface area contributed by atoms with Crippen LogP contribution in [0.5, 0.6) is 0 Å². The second-order valence-corrected chi connectivity index (χ2v) is 8.05. The number of piperidine rings is 2. The number of carboxylic acid groups (broad SMARTS) is 1. The van der Waals surface area contributed by atoms with E-state index in [2.05, 4.69) is 10.6 Å². The maximum Gasteiger partial charge on any atom is 0.308 e. The van der Waals surface area contributed by atoms with Gasteiger partial charge >= 0.3 is 5.97 Å². The van der Waals surface area contributed by atoms with Crippen molar-refractivity contribution in [3.63, 3.8) is 0 Å². The fraction of sp³-hybridized carbons (Fsp3) is 0.429. The molecule has 4 rings (SSSR count). The molecule has 0 saturated carbocycles. The van der Waals surface area contributed by atoms with Crippen LogP contribution >= 0.6 is 0 Å². The number of carbonyl (C=O) groups is 6. The normalized spacial score (nSPS) is 23.1. The van der Waals surface area contributed by atoms with Crippen LogP contribution in [-0.2, 0) is 19.2 Å². The smallest absolute Gasteiger partial charge is 0.308 e. The topological polar surface area (TPSA) is 153 Å². The van der Waals surface area contributed by atoms with E-state index in [-0.39, 0.29) is 48.7 Å².